The Labute approximate surface area is 414 Å². The van der Waals surface area contributed by atoms with Crippen LogP contribution in [0.2, 0.25) is 0 Å². The number of primary amides is 1. The third-order valence-electron chi connectivity index (χ3n) is 13.4. The predicted octanol–water partition coefficient (Wildman–Crippen LogP) is 4.83. The number of thiazole rings is 1. The summed E-state index contributed by atoms with van der Waals surface area (Å²) in [7, 11) is 0. The number of nitrogens with zero attached hydrogens (tertiary/aromatic N) is 3. The van der Waals surface area contributed by atoms with Crippen molar-refractivity contribution in [3.8, 4) is 10.4 Å². The Bertz CT molecular complexity index is 2510. The van der Waals surface area contributed by atoms with Crippen molar-refractivity contribution in [3.05, 3.63) is 106 Å². The standard InChI is InChI=1S/C53H67N7O9S/c1-32-48(70-31-56-32)38-20-18-35(19-21-38)27-55-50(65)42-26-40(61)28-59(42)52(67)49(53(3,4)5)58-45(63)30-68-24-8-9-34-14-16-36(17-15-34)29-69-33(2)41(22-23-44(54)62)57-51(66)43-25-39-12-6-10-37-11-7-13-46(64)60(43)47(37)39/h6,10,12,14-21,31,33,40-43,49,61H,7-9,11,13,22-30H2,1-5H3,(H2,54,62)(H,55,65)(H,57,66)(H,58,63)/t33-,40+,41+,42+,43+,49-/m1/s1. The Hall–Kier alpha value is -6.01. The summed E-state index contributed by atoms with van der Waals surface area (Å²) in [5.74, 6) is -2.10. The molecule has 0 saturated carbocycles. The van der Waals surface area contributed by atoms with Crippen molar-refractivity contribution < 1.29 is 43.3 Å². The zero-order valence-electron chi connectivity index (χ0n) is 40.8. The summed E-state index contributed by atoms with van der Waals surface area (Å²) in [5.41, 5.74) is 14.4. The van der Waals surface area contributed by atoms with Gasteiger partial charge in [0.15, 0.2) is 0 Å². The van der Waals surface area contributed by atoms with Gasteiger partial charge in [0.1, 0.15) is 24.7 Å². The van der Waals surface area contributed by atoms with Crippen LogP contribution in [-0.2, 0) is 70.7 Å². The van der Waals surface area contributed by atoms with E-state index in [1.807, 2.05) is 107 Å². The number of hydrogen-bond donors (Lipinski definition) is 5. The molecule has 3 aliphatic rings. The Balaban J connectivity index is 0.837. The Kier molecular flexibility index (Phi) is 17.2. The Morgan fingerprint density at radius 1 is 0.929 bits per heavy atom. The smallest absolute Gasteiger partial charge is 0.246 e. The number of nitrogens with two attached hydrogens (primary N) is 1. The third-order valence-corrected chi connectivity index (χ3v) is 14.4. The summed E-state index contributed by atoms with van der Waals surface area (Å²) >= 11 is 1.57. The number of carbonyl (C=O) groups is 6. The average Bonchev–Trinajstić information content (AvgIpc) is 4.04. The van der Waals surface area contributed by atoms with Crippen molar-refractivity contribution in [2.45, 2.75) is 142 Å². The van der Waals surface area contributed by atoms with Gasteiger partial charge >= 0.3 is 0 Å². The van der Waals surface area contributed by atoms with Crippen LogP contribution in [0.3, 0.4) is 0 Å². The number of ether oxygens (including phenoxy) is 2. The number of nitrogens with one attached hydrogen (secondary N) is 3. The highest BCUT2D eigenvalue weighted by atomic mass is 32.1. The van der Waals surface area contributed by atoms with Crippen LogP contribution in [0, 0.1) is 12.3 Å². The molecule has 0 spiro atoms. The maximum atomic E-state index is 14.0. The van der Waals surface area contributed by atoms with Gasteiger partial charge in [-0.15, -0.1) is 11.3 Å². The fraction of sp³-hybridized carbons (Fsp3) is 0.491. The van der Waals surface area contributed by atoms with Crippen LogP contribution in [0.1, 0.15) is 99.7 Å². The molecule has 6 atom stereocenters. The minimum absolute atomic E-state index is 0.0223. The predicted molar refractivity (Wildman–Crippen MR) is 266 cm³/mol. The van der Waals surface area contributed by atoms with Crippen LogP contribution < -0.4 is 26.6 Å². The summed E-state index contributed by atoms with van der Waals surface area (Å²) in [5, 5.41) is 19.5. The van der Waals surface area contributed by atoms with E-state index in [0.717, 1.165) is 62.5 Å². The highest BCUT2D eigenvalue weighted by molar-refractivity contribution is 7.13. The quantitative estimate of drug-likeness (QED) is 0.0716. The SMILES string of the molecule is Cc1ncsc1-c1ccc(CNC(=O)[C@@H]2C[C@H](O)CN2C(=O)[C@@H](NC(=O)COCCCc2ccc(CO[C@H](C)[C@H](CCC(N)=O)NC(=O)[C@@H]3Cc4cccc5c4N3C(=O)CCC5)cc2)C(C)(C)C)cc1. The number of aliphatic hydroxyl groups is 1. The van der Waals surface area contributed by atoms with E-state index in [0.29, 0.717) is 32.3 Å². The molecular formula is C53H67N7O9S. The molecule has 1 fully saturated rings. The van der Waals surface area contributed by atoms with Crippen LogP contribution >= 0.6 is 11.3 Å². The molecule has 16 nitrogen and oxygen atoms in total. The Morgan fingerprint density at radius 2 is 1.64 bits per heavy atom. The lowest BCUT2D eigenvalue weighted by atomic mass is 9.85. The van der Waals surface area contributed by atoms with E-state index >= 15 is 0 Å². The van der Waals surface area contributed by atoms with Gasteiger partial charge in [0.25, 0.3) is 0 Å². The van der Waals surface area contributed by atoms with Gasteiger partial charge in [0.2, 0.25) is 35.4 Å². The van der Waals surface area contributed by atoms with Crippen LogP contribution in [0.25, 0.3) is 10.4 Å². The van der Waals surface area contributed by atoms with Gasteiger partial charge in [-0.1, -0.05) is 87.5 Å². The number of aliphatic hydroxyl groups excluding tert-OH is 1. The van der Waals surface area contributed by atoms with Crippen LogP contribution in [0.5, 0.6) is 0 Å². The molecule has 4 heterocycles. The van der Waals surface area contributed by atoms with E-state index in [4.69, 9.17) is 15.2 Å². The topological polar surface area (TPSA) is 223 Å². The molecule has 0 radical (unpaired) electrons. The molecule has 17 heteroatoms. The maximum absolute atomic E-state index is 14.0. The van der Waals surface area contributed by atoms with Crippen molar-refractivity contribution in [1.82, 2.24) is 25.8 Å². The van der Waals surface area contributed by atoms with E-state index < -0.39 is 59.5 Å². The molecule has 1 saturated heterocycles. The summed E-state index contributed by atoms with van der Waals surface area (Å²) in [6, 6.07) is 18.7. The molecule has 374 valence electrons. The first-order valence-electron chi connectivity index (χ1n) is 24.3. The molecule has 0 unspecified atom stereocenters. The first kappa shape index (κ1) is 51.8. The zero-order chi connectivity index (χ0) is 50.1. The lowest BCUT2D eigenvalue weighted by Crippen LogP contribution is -2.58. The normalized spacial score (nSPS) is 18.9. The fourth-order valence-corrected chi connectivity index (χ4v) is 10.3. The van der Waals surface area contributed by atoms with E-state index in [9.17, 15) is 33.9 Å². The van der Waals surface area contributed by atoms with Crippen molar-refractivity contribution in [2.24, 2.45) is 11.1 Å². The van der Waals surface area contributed by atoms with Gasteiger partial charge in [-0.05, 0) is 84.7 Å². The van der Waals surface area contributed by atoms with Crippen LogP contribution in [0.15, 0.2) is 72.2 Å². The second kappa shape index (κ2) is 23.3. The minimum Gasteiger partial charge on any atom is -0.391 e. The van der Waals surface area contributed by atoms with Gasteiger partial charge in [0, 0.05) is 45.4 Å². The minimum atomic E-state index is -0.970. The average molecular weight is 978 g/mol. The summed E-state index contributed by atoms with van der Waals surface area (Å²) in [4.78, 5) is 88.0. The molecule has 6 N–H and O–H groups in total. The lowest BCUT2D eigenvalue weighted by molar-refractivity contribution is -0.144. The number of carbonyl (C=O) groups excluding carboxylic acids is 6. The highest BCUT2D eigenvalue weighted by Gasteiger charge is 2.45. The number of β-amino-alcohol motifs (C(OH)–C–C–N with tert-alkyl or cyclic N) is 1. The first-order valence-corrected chi connectivity index (χ1v) is 25.2. The second-order valence-electron chi connectivity index (χ2n) is 19.8. The number of para-hydroxylation sites is 1. The number of likely N-dealkylation sites (tertiary alicyclic amines) is 1. The summed E-state index contributed by atoms with van der Waals surface area (Å²) < 4.78 is 12.0. The molecule has 3 aromatic carbocycles. The monoisotopic (exact) mass is 977 g/mol. The number of hydrogen-bond acceptors (Lipinski definition) is 11. The molecule has 0 aliphatic carbocycles. The van der Waals surface area contributed by atoms with Gasteiger partial charge in [0.05, 0.1) is 46.6 Å². The van der Waals surface area contributed by atoms with Crippen LogP contribution in [-0.4, -0.2) is 107 Å². The van der Waals surface area contributed by atoms with Gasteiger partial charge in [-0.2, -0.15) is 0 Å². The van der Waals surface area contributed by atoms with Crippen LogP contribution in [0.4, 0.5) is 5.69 Å². The van der Waals surface area contributed by atoms with E-state index in [1.54, 1.807) is 16.2 Å². The van der Waals surface area contributed by atoms with E-state index in [-0.39, 0.29) is 63.3 Å². The first-order chi connectivity index (χ1) is 33.5. The molecule has 70 heavy (non-hydrogen) atoms. The molecular weight excluding hydrogens is 911 g/mol. The number of amides is 6. The van der Waals surface area contributed by atoms with Gasteiger partial charge < -0.3 is 41.2 Å². The number of anilines is 1. The van der Waals surface area contributed by atoms with E-state index in [1.165, 1.54) is 4.90 Å². The van der Waals surface area contributed by atoms with Crippen molar-refractivity contribution in [2.75, 3.05) is 24.7 Å². The molecule has 1 aromatic heterocycles. The number of rotatable bonds is 21. The van der Waals surface area contributed by atoms with Gasteiger partial charge in [-0.25, -0.2) is 4.98 Å². The number of benzene rings is 3. The molecule has 4 aromatic rings. The van der Waals surface area contributed by atoms with Crippen molar-refractivity contribution in [1.29, 1.82) is 0 Å². The molecule has 7 rings (SSSR count). The van der Waals surface area contributed by atoms with Crippen molar-refractivity contribution in [3.63, 3.8) is 0 Å². The lowest BCUT2D eigenvalue weighted by Gasteiger charge is -2.35. The second-order valence-corrected chi connectivity index (χ2v) is 20.7. The van der Waals surface area contributed by atoms with Gasteiger partial charge in [-0.3, -0.25) is 33.7 Å². The van der Waals surface area contributed by atoms with Crippen molar-refractivity contribution >= 4 is 52.5 Å². The molecule has 0 bridgehead atoms. The van der Waals surface area contributed by atoms with E-state index in [2.05, 4.69) is 20.9 Å². The summed E-state index contributed by atoms with van der Waals surface area (Å²) in [6.45, 7) is 9.86. The summed E-state index contributed by atoms with van der Waals surface area (Å²) in [6.07, 6.45) is 2.75. The third kappa shape index (κ3) is 13.0. The zero-order valence-corrected chi connectivity index (χ0v) is 41.6. The molecule has 6 amide bonds. The highest BCUT2D eigenvalue weighted by Crippen LogP contribution is 2.39. The molecule has 3 aliphatic heterocycles. The maximum Gasteiger partial charge on any atom is 0.246 e. The Morgan fingerprint density at radius 3 is 2.34 bits per heavy atom. The fourth-order valence-electron chi connectivity index (χ4n) is 9.51. The number of aryl methyl sites for hydroxylation is 3. The largest absolute Gasteiger partial charge is 0.391 e. The number of aromatic nitrogens is 1.